The molecule has 0 aromatic heterocycles. The Morgan fingerprint density at radius 1 is 1.21 bits per heavy atom. The van der Waals surface area contributed by atoms with Gasteiger partial charge in [0.1, 0.15) is 9.84 Å². The van der Waals surface area contributed by atoms with E-state index in [4.69, 9.17) is 0 Å². The molecule has 0 radical (unpaired) electrons. The molecule has 0 spiro atoms. The first kappa shape index (κ1) is 20.4. The number of sulfone groups is 1. The SMILES string of the molecule is CN=C(NCc1ccc(CN(C)C)cc1)NC(C)CCS(C)(=O)=O. The lowest BCUT2D eigenvalue weighted by Gasteiger charge is -2.18. The van der Waals surface area contributed by atoms with Gasteiger partial charge in [0.25, 0.3) is 0 Å². The average Bonchev–Trinajstić information content (AvgIpc) is 2.49. The Morgan fingerprint density at radius 2 is 1.79 bits per heavy atom. The third kappa shape index (κ3) is 8.88. The van der Waals surface area contributed by atoms with Gasteiger partial charge in [0.05, 0.1) is 5.75 Å². The summed E-state index contributed by atoms with van der Waals surface area (Å²) in [6, 6.07) is 8.50. The molecule has 0 heterocycles. The number of hydrogen-bond donors (Lipinski definition) is 2. The van der Waals surface area contributed by atoms with Gasteiger partial charge in [-0.15, -0.1) is 0 Å². The van der Waals surface area contributed by atoms with Crippen molar-refractivity contribution in [3.8, 4) is 0 Å². The summed E-state index contributed by atoms with van der Waals surface area (Å²) in [5, 5.41) is 6.47. The van der Waals surface area contributed by atoms with Gasteiger partial charge in [-0.05, 0) is 38.6 Å². The average molecular weight is 355 g/mol. The van der Waals surface area contributed by atoms with Gasteiger partial charge in [0.2, 0.25) is 0 Å². The van der Waals surface area contributed by atoms with Crippen LogP contribution in [0, 0.1) is 0 Å². The molecule has 136 valence electrons. The molecule has 1 aromatic carbocycles. The normalized spacial score (nSPS) is 13.8. The first-order valence-electron chi connectivity index (χ1n) is 8.07. The predicted octanol–water partition coefficient (Wildman–Crippen LogP) is 1.24. The molecule has 7 heteroatoms. The smallest absolute Gasteiger partial charge is 0.191 e. The molecule has 1 aromatic rings. The lowest BCUT2D eigenvalue weighted by molar-refractivity contribution is 0.402. The number of hydrogen-bond acceptors (Lipinski definition) is 4. The van der Waals surface area contributed by atoms with E-state index in [1.807, 2.05) is 6.92 Å². The Labute approximate surface area is 146 Å². The monoisotopic (exact) mass is 354 g/mol. The van der Waals surface area contributed by atoms with Gasteiger partial charge in [-0.25, -0.2) is 8.42 Å². The fourth-order valence-corrected chi connectivity index (χ4v) is 2.99. The minimum Gasteiger partial charge on any atom is -0.354 e. The predicted molar refractivity (Wildman–Crippen MR) is 101 cm³/mol. The van der Waals surface area contributed by atoms with Crippen molar-refractivity contribution >= 4 is 15.8 Å². The molecule has 0 fully saturated rings. The zero-order chi connectivity index (χ0) is 18.2. The topological polar surface area (TPSA) is 73.8 Å². The van der Waals surface area contributed by atoms with Crippen molar-refractivity contribution in [2.45, 2.75) is 32.5 Å². The van der Waals surface area contributed by atoms with Crippen LogP contribution in [0.2, 0.25) is 0 Å². The Balaban J connectivity index is 2.46. The summed E-state index contributed by atoms with van der Waals surface area (Å²) in [6.45, 7) is 3.55. The summed E-state index contributed by atoms with van der Waals surface area (Å²) in [6.07, 6.45) is 1.81. The molecule has 2 N–H and O–H groups in total. The van der Waals surface area contributed by atoms with Crippen LogP contribution in [0.4, 0.5) is 0 Å². The van der Waals surface area contributed by atoms with Gasteiger partial charge in [0, 0.05) is 32.4 Å². The van der Waals surface area contributed by atoms with E-state index in [2.05, 4.69) is 58.9 Å². The van der Waals surface area contributed by atoms with Crippen molar-refractivity contribution in [3.63, 3.8) is 0 Å². The van der Waals surface area contributed by atoms with Crippen LogP contribution in [0.1, 0.15) is 24.5 Å². The van der Waals surface area contributed by atoms with Gasteiger partial charge in [0.15, 0.2) is 5.96 Å². The van der Waals surface area contributed by atoms with Crippen LogP contribution in [0.3, 0.4) is 0 Å². The standard InChI is InChI=1S/C17H30N4O2S/c1-14(10-11-24(5,22)23)20-17(18-2)19-12-15-6-8-16(9-7-15)13-21(3)4/h6-9,14H,10-13H2,1-5H3,(H2,18,19,20). The molecule has 1 unspecified atom stereocenters. The van der Waals surface area contributed by atoms with Gasteiger partial charge in [-0.1, -0.05) is 24.3 Å². The highest BCUT2D eigenvalue weighted by molar-refractivity contribution is 7.90. The fraction of sp³-hybridized carbons (Fsp3) is 0.588. The molecule has 6 nitrogen and oxygen atoms in total. The fourth-order valence-electron chi connectivity index (χ4n) is 2.20. The molecule has 0 saturated heterocycles. The maximum absolute atomic E-state index is 11.2. The van der Waals surface area contributed by atoms with Crippen LogP contribution in [-0.4, -0.2) is 58.5 Å². The molecule has 1 rings (SSSR count). The minimum atomic E-state index is -2.93. The zero-order valence-electron chi connectivity index (χ0n) is 15.3. The minimum absolute atomic E-state index is 0.0355. The third-order valence-corrected chi connectivity index (χ3v) is 4.49. The molecular formula is C17H30N4O2S. The van der Waals surface area contributed by atoms with Crippen molar-refractivity contribution in [1.82, 2.24) is 15.5 Å². The Morgan fingerprint density at radius 3 is 2.29 bits per heavy atom. The van der Waals surface area contributed by atoms with Crippen molar-refractivity contribution in [2.24, 2.45) is 4.99 Å². The van der Waals surface area contributed by atoms with Gasteiger partial charge < -0.3 is 15.5 Å². The molecule has 0 aliphatic carbocycles. The number of nitrogens with one attached hydrogen (secondary N) is 2. The van der Waals surface area contributed by atoms with Crippen LogP contribution in [0.5, 0.6) is 0 Å². The van der Waals surface area contributed by atoms with E-state index in [1.54, 1.807) is 7.05 Å². The van der Waals surface area contributed by atoms with Crippen molar-refractivity contribution < 1.29 is 8.42 Å². The summed E-state index contributed by atoms with van der Waals surface area (Å²) >= 11 is 0. The molecule has 24 heavy (non-hydrogen) atoms. The number of rotatable bonds is 8. The highest BCUT2D eigenvalue weighted by Gasteiger charge is 2.09. The van der Waals surface area contributed by atoms with Crippen molar-refractivity contribution in [2.75, 3.05) is 33.2 Å². The summed E-state index contributed by atoms with van der Waals surface area (Å²) in [5.74, 6) is 0.847. The maximum Gasteiger partial charge on any atom is 0.191 e. The Kier molecular flexibility index (Phi) is 8.21. The third-order valence-electron chi connectivity index (χ3n) is 3.51. The first-order chi connectivity index (χ1) is 11.2. The zero-order valence-corrected chi connectivity index (χ0v) is 16.2. The van der Waals surface area contributed by atoms with E-state index in [-0.39, 0.29) is 11.8 Å². The lowest BCUT2D eigenvalue weighted by atomic mass is 10.1. The highest BCUT2D eigenvalue weighted by Crippen LogP contribution is 2.06. The van der Waals surface area contributed by atoms with Gasteiger partial charge >= 0.3 is 0 Å². The summed E-state index contributed by atoms with van der Waals surface area (Å²) in [7, 11) is 2.88. The lowest BCUT2D eigenvalue weighted by Crippen LogP contribution is -2.42. The second-order valence-corrected chi connectivity index (χ2v) is 8.70. The van der Waals surface area contributed by atoms with Crippen LogP contribution >= 0.6 is 0 Å². The largest absolute Gasteiger partial charge is 0.354 e. The summed E-state index contributed by atoms with van der Waals surface area (Å²) in [4.78, 5) is 6.32. The second-order valence-electron chi connectivity index (χ2n) is 6.44. The van der Waals surface area contributed by atoms with E-state index in [0.29, 0.717) is 18.9 Å². The maximum atomic E-state index is 11.2. The number of nitrogens with zero attached hydrogens (tertiary/aromatic N) is 2. The molecule has 0 amide bonds. The first-order valence-corrected chi connectivity index (χ1v) is 10.1. The van der Waals surface area contributed by atoms with E-state index in [0.717, 1.165) is 6.54 Å². The number of guanidine groups is 1. The van der Waals surface area contributed by atoms with E-state index in [9.17, 15) is 8.42 Å². The Hall–Kier alpha value is -1.60. The van der Waals surface area contributed by atoms with Crippen LogP contribution < -0.4 is 10.6 Å². The quantitative estimate of drug-likeness (QED) is 0.543. The van der Waals surface area contributed by atoms with Crippen LogP contribution in [0.15, 0.2) is 29.3 Å². The van der Waals surface area contributed by atoms with Gasteiger partial charge in [-0.3, -0.25) is 4.99 Å². The number of aliphatic imine (C=N–C) groups is 1. The van der Waals surface area contributed by atoms with Crippen LogP contribution in [0.25, 0.3) is 0 Å². The second kappa shape index (κ2) is 9.64. The summed E-state index contributed by atoms with van der Waals surface area (Å²) < 4.78 is 22.4. The van der Waals surface area contributed by atoms with E-state index < -0.39 is 9.84 Å². The molecule has 0 aliphatic rings. The molecule has 1 atom stereocenters. The molecule has 0 bridgehead atoms. The van der Waals surface area contributed by atoms with Crippen molar-refractivity contribution in [3.05, 3.63) is 35.4 Å². The number of benzene rings is 1. The van der Waals surface area contributed by atoms with E-state index in [1.165, 1.54) is 17.4 Å². The van der Waals surface area contributed by atoms with Gasteiger partial charge in [-0.2, -0.15) is 0 Å². The van der Waals surface area contributed by atoms with Crippen molar-refractivity contribution in [1.29, 1.82) is 0 Å². The molecule has 0 aliphatic heterocycles. The summed E-state index contributed by atoms with van der Waals surface area (Å²) in [5.41, 5.74) is 2.45. The van der Waals surface area contributed by atoms with Crippen LogP contribution in [-0.2, 0) is 22.9 Å². The molecule has 0 saturated carbocycles. The Bertz CT molecular complexity index is 624. The molecular weight excluding hydrogens is 324 g/mol. The van der Waals surface area contributed by atoms with E-state index >= 15 is 0 Å². The highest BCUT2D eigenvalue weighted by atomic mass is 32.2.